The molecule has 94 valence electrons. The number of allylic oxidation sites excluding steroid dienone is 1. The van der Waals surface area contributed by atoms with Crippen molar-refractivity contribution in [3.8, 4) is 6.07 Å². The molecule has 0 bridgehead atoms. The minimum atomic E-state index is -0.479. The fourth-order valence-electron chi connectivity index (χ4n) is 1.72. The van der Waals surface area contributed by atoms with Crippen molar-refractivity contribution in [2.75, 3.05) is 0 Å². The molecule has 0 unspecified atom stereocenters. The highest BCUT2D eigenvalue weighted by Crippen LogP contribution is 2.22. The maximum atomic E-state index is 11.4. The van der Waals surface area contributed by atoms with Crippen molar-refractivity contribution >= 4 is 17.7 Å². The van der Waals surface area contributed by atoms with Gasteiger partial charge in [0.1, 0.15) is 11.6 Å². The van der Waals surface area contributed by atoms with Crippen molar-refractivity contribution in [3.63, 3.8) is 0 Å². The van der Waals surface area contributed by atoms with Crippen LogP contribution in [0.15, 0.2) is 41.1 Å². The molecule has 1 aliphatic rings. The van der Waals surface area contributed by atoms with Crippen LogP contribution in [0.1, 0.15) is 12.5 Å². The number of non-ortho nitro benzene ring substituents is 1. The van der Waals surface area contributed by atoms with E-state index in [4.69, 9.17) is 5.26 Å². The van der Waals surface area contributed by atoms with Crippen molar-refractivity contribution in [2.45, 2.75) is 6.92 Å². The largest absolute Gasteiger partial charge is 0.321 e. The molecule has 1 aromatic carbocycles. The van der Waals surface area contributed by atoms with E-state index in [1.807, 2.05) is 6.07 Å². The van der Waals surface area contributed by atoms with E-state index in [1.165, 1.54) is 12.1 Å². The second-order valence-electron chi connectivity index (χ2n) is 3.97. The lowest BCUT2D eigenvalue weighted by Crippen LogP contribution is -2.15. The molecule has 0 radical (unpaired) electrons. The Bertz CT molecular complexity index is 663. The Morgan fingerprint density at radius 3 is 2.47 bits per heavy atom. The van der Waals surface area contributed by atoms with Crippen LogP contribution < -0.4 is 5.32 Å². The molecular formula is C13H9N3O3. The molecule has 1 amide bonds. The molecule has 1 aliphatic heterocycles. The number of nitrogens with one attached hydrogen (secondary N) is 1. The standard InChI is InChI=1S/C13H9N3O3/c1-8-11(7-14)13(17)15-12(8)6-9-2-4-10(5-3-9)16(18)19/h2-6H,1H3,(H,15,17)/b12-6-. The fourth-order valence-corrected chi connectivity index (χ4v) is 1.72. The Labute approximate surface area is 108 Å². The topological polar surface area (TPSA) is 96.0 Å². The number of nitro benzene ring substituents is 1. The van der Waals surface area contributed by atoms with Gasteiger partial charge in [0, 0.05) is 17.8 Å². The van der Waals surface area contributed by atoms with Crippen molar-refractivity contribution in [2.24, 2.45) is 0 Å². The molecule has 0 saturated heterocycles. The summed E-state index contributed by atoms with van der Waals surface area (Å²) >= 11 is 0. The highest BCUT2D eigenvalue weighted by atomic mass is 16.6. The van der Waals surface area contributed by atoms with Crippen molar-refractivity contribution < 1.29 is 9.72 Å². The van der Waals surface area contributed by atoms with Gasteiger partial charge in [0.15, 0.2) is 0 Å². The summed E-state index contributed by atoms with van der Waals surface area (Å²) in [6.07, 6.45) is 1.67. The van der Waals surface area contributed by atoms with Gasteiger partial charge in [0.25, 0.3) is 11.6 Å². The second kappa shape index (κ2) is 4.74. The number of amides is 1. The highest BCUT2D eigenvalue weighted by molar-refractivity contribution is 6.04. The lowest BCUT2D eigenvalue weighted by molar-refractivity contribution is -0.384. The van der Waals surface area contributed by atoms with Crippen LogP contribution in [0.4, 0.5) is 5.69 Å². The van der Waals surface area contributed by atoms with E-state index in [0.717, 1.165) is 0 Å². The van der Waals surface area contributed by atoms with Gasteiger partial charge in [-0.2, -0.15) is 5.26 Å². The third kappa shape index (κ3) is 2.35. The summed E-state index contributed by atoms with van der Waals surface area (Å²) in [5, 5.41) is 21.9. The summed E-state index contributed by atoms with van der Waals surface area (Å²) in [6, 6.07) is 7.76. The first-order valence-corrected chi connectivity index (χ1v) is 5.42. The van der Waals surface area contributed by atoms with Crippen LogP contribution in [-0.4, -0.2) is 10.8 Å². The summed E-state index contributed by atoms with van der Waals surface area (Å²) < 4.78 is 0. The number of carbonyl (C=O) groups is 1. The predicted octanol–water partition coefficient (Wildman–Crippen LogP) is 1.91. The SMILES string of the molecule is CC1=C(C#N)C(=O)N/C1=C\c1ccc([N+](=O)[O-])cc1. The third-order valence-electron chi connectivity index (χ3n) is 2.78. The molecule has 19 heavy (non-hydrogen) atoms. The normalized spacial score (nSPS) is 16.4. The van der Waals surface area contributed by atoms with E-state index >= 15 is 0 Å². The van der Waals surface area contributed by atoms with Gasteiger partial charge in [0.05, 0.1) is 4.92 Å². The van der Waals surface area contributed by atoms with Crippen LogP contribution in [0.3, 0.4) is 0 Å². The smallest absolute Gasteiger partial charge is 0.269 e. The summed E-state index contributed by atoms with van der Waals surface area (Å²) in [6.45, 7) is 1.67. The predicted molar refractivity (Wildman–Crippen MR) is 67.5 cm³/mol. The zero-order valence-corrected chi connectivity index (χ0v) is 10.0. The van der Waals surface area contributed by atoms with E-state index in [-0.39, 0.29) is 11.3 Å². The molecule has 0 aromatic heterocycles. The van der Waals surface area contributed by atoms with Crippen LogP contribution in [-0.2, 0) is 4.79 Å². The molecule has 6 nitrogen and oxygen atoms in total. The van der Waals surface area contributed by atoms with Crippen LogP contribution in [0.25, 0.3) is 6.08 Å². The number of benzene rings is 1. The summed E-state index contributed by atoms with van der Waals surface area (Å²) in [5.41, 5.74) is 1.91. The molecule has 0 aliphatic carbocycles. The fraction of sp³-hybridized carbons (Fsp3) is 0.0769. The minimum Gasteiger partial charge on any atom is -0.321 e. The first-order valence-electron chi connectivity index (χ1n) is 5.42. The number of hydrogen-bond donors (Lipinski definition) is 1. The molecule has 0 fully saturated rings. The lowest BCUT2D eigenvalue weighted by Gasteiger charge is -2.00. The number of hydrogen-bond acceptors (Lipinski definition) is 4. The molecular weight excluding hydrogens is 246 g/mol. The molecule has 0 spiro atoms. The van der Waals surface area contributed by atoms with Crippen molar-refractivity contribution in [1.82, 2.24) is 5.32 Å². The van der Waals surface area contributed by atoms with E-state index < -0.39 is 10.8 Å². The average Bonchev–Trinajstić information content (AvgIpc) is 2.64. The Hall–Kier alpha value is -2.94. The van der Waals surface area contributed by atoms with Crippen molar-refractivity contribution in [1.29, 1.82) is 5.26 Å². The number of nitriles is 1. The summed E-state index contributed by atoms with van der Waals surface area (Å²) in [7, 11) is 0. The van der Waals surface area contributed by atoms with Gasteiger partial charge in [-0.25, -0.2) is 0 Å². The van der Waals surface area contributed by atoms with E-state index in [9.17, 15) is 14.9 Å². The third-order valence-corrected chi connectivity index (χ3v) is 2.78. The van der Waals surface area contributed by atoms with Gasteiger partial charge >= 0.3 is 0 Å². The first kappa shape index (κ1) is 12.5. The van der Waals surface area contributed by atoms with Gasteiger partial charge in [-0.05, 0) is 36.3 Å². The maximum Gasteiger partial charge on any atom is 0.269 e. The first-order chi connectivity index (χ1) is 9.02. The Morgan fingerprint density at radius 1 is 1.37 bits per heavy atom. The molecule has 2 rings (SSSR count). The zero-order chi connectivity index (χ0) is 14.0. The molecule has 1 aromatic rings. The van der Waals surface area contributed by atoms with Crippen LogP contribution >= 0.6 is 0 Å². The van der Waals surface area contributed by atoms with E-state index in [2.05, 4.69) is 5.32 Å². The summed E-state index contributed by atoms with van der Waals surface area (Å²) in [4.78, 5) is 21.5. The molecule has 1 N–H and O–H groups in total. The number of rotatable bonds is 2. The van der Waals surface area contributed by atoms with Gasteiger partial charge in [0.2, 0.25) is 0 Å². The molecule has 0 saturated carbocycles. The highest BCUT2D eigenvalue weighted by Gasteiger charge is 2.23. The van der Waals surface area contributed by atoms with E-state index in [1.54, 1.807) is 25.1 Å². The van der Waals surface area contributed by atoms with Crippen LogP contribution in [0.2, 0.25) is 0 Å². The monoisotopic (exact) mass is 255 g/mol. The number of nitrogens with zero attached hydrogens (tertiary/aromatic N) is 2. The lowest BCUT2D eigenvalue weighted by atomic mass is 10.1. The zero-order valence-electron chi connectivity index (χ0n) is 10.0. The molecule has 6 heteroatoms. The quantitative estimate of drug-likeness (QED) is 0.644. The van der Waals surface area contributed by atoms with E-state index in [0.29, 0.717) is 16.8 Å². The number of nitro groups is 1. The van der Waals surface area contributed by atoms with Gasteiger partial charge in [-0.1, -0.05) is 0 Å². The Morgan fingerprint density at radius 2 is 2.00 bits per heavy atom. The Kier molecular flexibility index (Phi) is 3.12. The van der Waals surface area contributed by atoms with Gasteiger partial charge < -0.3 is 5.32 Å². The average molecular weight is 255 g/mol. The molecule has 1 heterocycles. The minimum absolute atomic E-state index is 0.00239. The van der Waals surface area contributed by atoms with Gasteiger partial charge in [-0.15, -0.1) is 0 Å². The maximum absolute atomic E-state index is 11.4. The van der Waals surface area contributed by atoms with Gasteiger partial charge in [-0.3, -0.25) is 14.9 Å². The summed E-state index contributed by atoms with van der Waals surface area (Å²) in [5.74, 6) is -0.423. The second-order valence-corrected chi connectivity index (χ2v) is 3.97. The van der Waals surface area contributed by atoms with Crippen LogP contribution in [0.5, 0.6) is 0 Å². The number of carbonyl (C=O) groups excluding carboxylic acids is 1. The Balaban J connectivity index is 2.34. The van der Waals surface area contributed by atoms with Crippen molar-refractivity contribution in [3.05, 3.63) is 56.8 Å². The van der Waals surface area contributed by atoms with Crippen LogP contribution in [0, 0.1) is 21.4 Å². The molecule has 0 atom stereocenters.